The van der Waals surface area contributed by atoms with Crippen LogP contribution in [0.2, 0.25) is 5.02 Å². The number of rotatable bonds is 5. The number of hydrogen-bond acceptors (Lipinski definition) is 3. The van der Waals surface area contributed by atoms with Crippen LogP contribution < -0.4 is 5.32 Å². The van der Waals surface area contributed by atoms with Crippen LogP contribution in [-0.4, -0.2) is 41.4 Å². The van der Waals surface area contributed by atoms with Gasteiger partial charge in [-0.25, -0.2) is 0 Å². The van der Waals surface area contributed by atoms with Crippen molar-refractivity contribution in [2.75, 3.05) is 26.7 Å². The maximum atomic E-state index is 6.42. The van der Waals surface area contributed by atoms with Crippen molar-refractivity contribution in [3.8, 4) is 0 Å². The van der Waals surface area contributed by atoms with Crippen LogP contribution >= 0.6 is 11.6 Å². The van der Waals surface area contributed by atoms with Gasteiger partial charge in [0.2, 0.25) is 0 Å². The van der Waals surface area contributed by atoms with Crippen LogP contribution in [0.25, 0.3) is 0 Å². The standard InChI is InChI=1S/C14H25ClN4/c1-4-12-14(15)13(18(3)17-12)10-19-7-5-6-11(9-19)8-16-2/h11,16H,4-10H2,1-3H3. The van der Waals surface area contributed by atoms with E-state index in [1.54, 1.807) is 0 Å². The van der Waals surface area contributed by atoms with Gasteiger partial charge < -0.3 is 5.32 Å². The van der Waals surface area contributed by atoms with E-state index in [-0.39, 0.29) is 0 Å². The number of aromatic nitrogens is 2. The predicted molar refractivity (Wildman–Crippen MR) is 79.5 cm³/mol. The van der Waals surface area contributed by atoms with Crippen molar-refractivity contribution >= 4 is 11.6 Å². The minimum atomic E-state index is 0.761. The Morgan fingerprint density at radius 3 is 2.89 bits per heavy atom. The average Bonchev–Trinajstić information content (AvgIpc) is 2.67. The molecule has 0 aromatic carbocycles. The number of aryl methyl sites for hydroxylation is 2. The van der Waals surface area contributed by atoms with E-state index in [1.807, 2.05) is 18.8 Å². The average molecular weight is 285 g/mol. The summed E-state index contributed by atoms with van der Waals surface area (Å²) in [7, 11) is 4.03. The maximum Gasteiger partial charge on any atom is 0.0863 e. The lowest BCUT2D eigenvalue weighted by molar-refractivity contribution is 0.163. The van der Waals surface area contributed by atoms with Crippen LogP contribution in [0.4, 0.5) is 0 Å². The number of halogens is 1. The fourth-order valence-corrected chi connectivity index (χ4v) is 3.31. The molecule has 1 N–H and O–H groups in total. The monoisotopic (exact) mass is 284 g/mol. The van der Waals surface area contributed by atoms with Crippen molar-refractivity contribution in [2.24, 2.45) is 13.0 Å². The molecule has 0 amide bonds. The van der Waals surface area contributed by atoms with E-state index in [0.717, 1.165) is 48.4 Å². The fourth-order valence-electron chi connectivity index (χ4n) is 2.95. The molecular weight excluding hydrogens is 260 g/mol. The van der Waals surface area contributed by atoms with E-state index >= 15 is 0 Å². The van der Waals surface area contributed by atoms with E-state index in [0.29, 0.717) is 0 Å². The topological polar surface area (TPSA) is 33.1 Å². The highest BCUT2D eigenvalue weighted by Gasteiger charge is 2.22. The minimum Gasteiger partial charge on any atom is -0.319 e. The SMILES string of the molecule is CCc1nn(C)c(CN2CCCC(CNC)C2)c1Cl. The van der Waals surface area contributed by atoms with Gasteiger partial charge in [-0.05, 0) is 45.3 Å². The second-order valence-corrected chi connectivity index (χ2v) is 5.86. The molecule has 0 aliphatic carbocycles. The zero-order chi connectivity index (χ0) is 13.8. The summed E-state index contributed by atoms with van der Waals surface area (Å²) in [4.78, 5) is 2.51. The Morgan fingerprint density at radius 1 is 1.47 bits per heavy atom. The van der Waals surface area contributed by atoms with Gasteiger partial charge in [0.15, 0.2) is 0 Å². The summed E-state index contributed by atoms with van der Waals surface area (Å²) in [5.41, 5.74) is 2.17. The Balaban J connectivity index is 2.02. The van der Waals surface area contributed by atoms with Gasteiger partial charge in [-0.1, -0.05) is 18.5 Å². The summed E-state index contributed by atoms with van der Waals surface area (Å²) < 4.78 is 1.95. The third-order valence-electron chi connectivity index (χ3n) is 3.97. The molecule has 0 radical (unpaired) electrons. The molecule has 2 heterocycles. The third kappa shape index (κ3) is 3.50. The van der Waals surface area contributed by atoms with E-state index in [4.69, 9.17) is 11.6 Å². The second-order valence-electron chi connectivity index (χ2n) is 5.49. The lowest BCUT2D eigenvalue weighted by Gasteiger charge is -2.32. The number of nitrogens with one attached hydrogen (secondary N) is 1. The molecule has 0 bridgehead atoms. The molecule has 1 aromatic rings. The normalized spacial score (nSPS) is 20.9. The largest absolute Gasteiger partial charge is 0.319 e. The van der Waals surface area contributed by atoms with E-state index in [9.17, 15) is 0 Å². The van der Waals surface area contributed by atoms with Crippen molar-refractivity contribution in [1.82, 2.24) is 20.0 Å². The molecule has 1 saturated heterocycles. The van der Waals surface area contributed by atoms with Crippen LogP contribution in [0.1, 0.15) is 31.2 Å². The first-order valence-electron chi connectivity index (χ1n) is 7.22. The highest BCUT2D eigenvalue weighted by molar-refractivity contribution is 6.31. The van der Waals surface area contributed by atoms with Gasteiger partial charge in [0, 0.05) is 20.1 Å². The molecule has 1 fully saturated rings. The molecular formula is C14H25ClN4. The summed E-state index contributed by atoms with van der Waals surface area (Å²) in [6.07, 6.45) is 3.51. The molecule has 5 heteroatoms. The van der Waals surface area contributed by atoms with E-state index in [1.165, 1.54) is 19.4 Å². The van der Waals surface area contributed by atoms with Crippen LogP contribution in [0.5, 0.6) is 0 Å². The van der Waals surface area contributed by atoms with Gasteiger partial charge in [-0.3, -0.25) is 9.58 Å². The molecule has 1 aliphatic heterocycles. The molecule has 1 aliphatic rings. The number of likely N-dealkylation sites (tertiary alicyclic amines) is 1. The van der Waals surface area contributed by atoms with Crippen LogP contribution in [-0.2, 0) is 20.0 Å². The van der Waals surface area contributed by atoms with Gasteiger partial charge in [-0.2, -0.15) is 5.10 Å². The Kier molecular flexibility index (Phi) is 5.25. The van der Waals surface area contributed by atoms with Crippen molar-refractivity contribution < 1.29 is 0 Å². The fraction of sp³-hybridized carbons (Fsp3) is 0.786. The molecule has 1 unspecified atom stereocenters. The Labute approximate surface area is 121 Å². The van der Waals surface area contributed by atoms with Gasteiger partial charge in [0.05, 0.1) is 16.4 Å². The highest BCUT2D eigenvalue weighted by atomic mass is 35.5. The molecule has 2 rings (SSSR count). The lowest BCUT2D eigenvalue weighted by Crippen LogP contribution is -2.38. The number of piperidine rings is 1. The van der Waals surface area contributed by atoms with Crippen LogP contribution in [0.15, 0.2) is 0 Å². The molecule has 1 atom stereocenters. The van der Waals surface area contributed by atoms with Gasteiger partial charge in [0.1, 0.15) is 0 Å². The zero-order valence-corrected chi connectivity index (χ0v) is 13.0. The van der Waals surface area contributed by atoms with Crippen LogP contribution in [0, 0.1) is 5.92 Å². The molecule has 108 valence electrons. The third-order valence-corrected chi connectivity index (χ3v) is 4.41. The summed E-state index contributed by atoms with van der Waals surface area (Å²) in [5, 5.41) is 8.64. The summed E-state index contributed by atoms with van der Waals surface area (Å²) in [5.74, 6) is 0.761. The first-order chi connectivity index (χ1) is 9.15. The van der Waals surface area contributed by atoms with Gasteiger partial charge in [0.25, 0.3) is 0 Å². The zero-order valence-electron chi connectivity index (χ0n) is 12.2. The summed E-state index contributed by atoms with van der Waals surface area (Å²) >= 11 is 6.42. The van der Waals surface area contributed by atoms with Crippen molar-refractivity contribution in [3.05, 3.63) is 16.4 Å². The van der Waals surface area contributed by atoms with Crippen molar-refractivity contribution in [3.63, 3.8) is 0 Å². The second kappa shape index (κ2) is 6.73. The molecule has 0 spiro atoms. The molecule has 19 heavy (non-hydrogen) atoms. The number of hydrogen-bond donors (Lipinski definition) is 1. The quantitative estimate of drug-likeness (QED) is 0.899. The Bertz CT molecular complexity index is 414. The van der Waals surface area contributed by atoms with E-state index < -0.39 is 0 Å². The predicted octanol–water partition coefficient (Wildman–Crippen LogP) is 2.07. The smallest absolute Gasteiger partial charge is 0.0863 e. The Hall–Kier alpha value is -0.580. The van der Waals surface area contributed by atoms with Crippen molar-refractivity contribution in [1.29, 1.82) is 0 Å². The first kappa shape index (κ1) is 14.8. The first-order valence-corrected chi connectivity index (χ1v) is 7.60. The Morgan fingerprint density at radius 2 is 2.26 bits per heavy atom. The van der Waals surface area contributed by atoms with Gasteiger partial charge >= 0.3 is 0 Å². The van der Waals surface area contributed by atoms with Crippen molar-refractivity contribution in [2.45, 2.75) is 32.7 Å². The molecule has 1 aromatic heterocycles. The number of nitrogens with zero attached hydrogens (tertiary/aromatic N) is 3. The summed E-state index contributed by atoms with van der Waals surface area (Å²) in [6.45, 7) is 6.45. The lowest BCUT2D eigenvalue weighted by atomic mass is 9.98. The minimum absolute atomic E-state index is 0.761. The molecule has 0 saturated carbocycles. The summed E-state index contributed by atoms with van der Waals surface area (Å²) in [6, 6.07) is 0. The van der Waals surface area contributed by atoms with Crippen LogP contribution in [0.3, 0.4) is 0 Å². The van der Waals surface area contributed by atoms with Gasteiger partial charge in [-0.15, -0.1) is 0 Å². The molecule has 4 nitrogen and oxygen atoms in total. The maximum absolute atomic E-state index is 6.42. The van der Waals surface area contributed by atoms with E-state index in [2.05, 4.69) is 22.2 Å². The highest BCUT2D eigenvalue weighted by Crippen LogP contribution is 2.24.